The maximum absolute atomic E-state index is 11.3. The average molecular weight is 272 g/mol. The predicted octanol–water partition coefficient (Wildman–Crippen LogP) is 5.89. The molecular formula is C17H36O2. The maximum Gasteiger partial charge on any atom is 0.306 e. The van der Waals surface area contributed by atoms with Crippen LogP contribution in [0.3, 0.4) is 0 Å². The molecule has 0 bridgehead atoms. The molecule has 0 spiro atoms. The summed E-state index contributed by atoms with van der Waals surface area (Å²) in [6.45, 7) is 12.3. The smallest absolute Gasteiger partial charge is 0.306 e. The minimum atomic E-state index is -0.334. The second-order valence-corrected chi connectivity index (χ2v) is 6.10. The van der Waals surface area contributed by atoms with Crippen LogP contribution in [0.4, 0.5) is 0 Å². The van der Waals surface area contributed by atoms with Gasteiger partial charge in [0.1, 0.15) is 5.60 Å². The van der Waals surface area contributed by atoms with Gasteiger partial charge in [-0.3, -0.25) is 4.79 Å². The quantitative estimate of drug-likeness (QED) is 0.407. The molecule has 0 radical (unpaired) electrons. The van der Waals surface area contributed by atoms with E-state index in [1.54, 1.807) is 0 Å². The first-order valence-electron chi connectivity index (χ1n) is 8.09. The summed E-state index contributed by atoms with van der Waals surface area (Å²) in [5.41, 5.74) is -0.334. The van der Waals surface area contributed by atoms with E-state index in [0.29, 0.717) is 6.42 Å². The van der Waals surface area contributed by atoms with Crippen LogP contribution in [0.2, 0.25) is 0 Å². The van der Waals surface area contributed by atoms with Crippen molar-refractivity contribution in [2.24, 2.45) is 0 Å². The molecule has 0 aromatic carbocycles. The van der Waals surface area contributed by atoms with Crippen LogP contribution in [0.1, 0.15) is 99.3 Å². The van der Waals surface area contributed by atoms with Gasteiger partial charge in [-0.2, -0.15) is 0 Å². The Hall–Kier alpha value is -0.530. The molecule has 0 aliphatic rings. The van der Waals surface area contributed by atoms with Gasteiger partial charge in [-0.25, -0.2) is 0 Å². The van der Waals surface area contributed by atoms with Crippen LogP contribution in [-0.4, -0.2) is 11.6 Å². The lowest BCUT2D eigenvalue weighted by Gasteiger charge is -2.19. The van der Waals surface area contributed by atoms with Gasteiger partial charge in [0.25, 0.3) is 0 Å². The van der Waals surface area contributed by atoms with Crippen LogP contribution in [0.25, 0.3) is 0 Å². The molecule has 0 atom stereocenters. The lowest BCUT2D eigenvalue weighted by Crippen LogP contribution is -2.23. The maximum atomic E-state index is 11.3. The van der Waals surface area contributed by atoms with E-state index in [0.717, 1.165) is 12.8 Å². The van der Waals surface area contributed by atoms with Gasteiger partial charge < -0.3 is 4.74 Å². The second kappa shape index (κ2) is 13.9. The third kappa shape index (κ3) is 23.0. The van der Waals surface area contributed by atoms with Crippen LogP contribution in [-0.2, 0) is 9.53 Å². The van der Waals surface area contributed by atoms with Crippen molar-refractivity contribution in [1.29, 1.82) is 0 Å². The molecule has 0 unspecified atom stereocenters. The molecule has 2 nitrogen and oxygen atoms in total. The molecule has 0 aliphatic heterocycles. The monoisotopic (exact) mass is 272 g/mol. The fourth-order valence-electron chi connectivity index (χ4n) is 1.44. The minimum absolute atomic E-state index is 0.0574. The van der Waals surface area contributed by atoms with E-state index in [9.17, 15) is 4.79 Å². The lowest BCUT2D eigenvalue weighted by atomic mass is 10.1. The number of esters is 1. The Morgan fingerprint density at radius 1 is 0.789 bits per heavy atom. The Labute approximate surface area is 121 Å². The third-order valence-electron chi connectivity index (χ3n) is 2.65. The van der Waals surface area contributed by atoms with Crippen molar-refractivity contribution in [1.82, 2.24) is 0 Å². The van der Waals surface area contributed by atoms with Crippen LogP contribution in [0.5, 0.6) is 0 Å². The van der Waals surface area contributed by atoms with E-state index < -0.39 is 0 Å². The van der Waals surface area contributed by atoms with Gasteiger partial charge in [-0.05, 0) is 27.2 Å². The van der Waals surface area contributed by atoms with E-state index >= 15 is 0 Å². The SMILES string of the molecule is CCCC.CCCCCCCCC(=O)OC(C)(C)C. The standard InChI is InChI=1S/C13H26O2.C4H10/c1-5-6-7-8-9-10-11-12(14)15-13(2,3)4;1-3-4-2/h5-11H2,1-4H3;3-4H2,1-2H3. The zero-order chi connectivity index (χ0) is 15.1. The van der Waals surface area contributed by atoms with E-state index in [1.165, 1.54) is 38.5 Å². The third-order valence-corrected chi connectivity index (χ3v) is 2.65. The number of hydrogen-bond donors (Lipinski definition) is 0. The highest BCUT2D eigenvalue weighted by molar-refractivity contribution is 5.69. The van der Waals surface area contributed by atoms with Crippen molar-refractivity contribution in [3.63, 3.8) is 0 Å². The molecule has 19 heavy (non-hydrogen) atoms. The van der Waals surface area contributed by atoms with E-state index in [4.69, 9.17) is 4.74 Å². The first kappa shape index (κ1) is 20.8. The highest BCUT2D eigenvalue weighted by Gasteiger charge is 2.15. The summed E-state index contributed by atoms with van der Waals surface area (Å²) in [6, 6.07) is 0. The highest BCUT2D eigenvalue weighted by atomic mass is 16.6. The topological polar surface area (TPSA) is 26.3 Å². The van der Waals surface area contributed by atoms with Crippen molar-refractivity contribution < 1.29 is 9.53 Å². The summed E-state index contributed by atoms with van der Waals surface area (Å²) in [6.07, 6.45) is 10.5. The molecule has 0 saturated heterocycles. The van der Waals surface area contributed by atoms with Gasteiger partial charge in [0.2, 0.25) is 0 Å². The fraction of sp³-hybridized carbons (Fsp3) is 0.941. The van der Waals surface area contributed by atoms with Gasteiger partial charge >= 0.3 is 5.97 Å². The van der Waals surface area contributed by atoms with Crippen molar-refractivity contribution >= 4 is 5.97 Å². The van der Waals surface area contributed by atoms with Crippen LogP contribution in [0.15, 0.2) is 0 Å². The molecular weight excluding hydrogens is 236 g/mol. The average Bonchev–Trinajstić information content (AvgIpc) is 2.32. The molecule has 0 N–H and O–H groups in total. The number of unbranched alkanes of at least 4 members (excludes halogenated alkanes) is 6. The van der Waals surface area contributed by atoms with E-state index in [1.807, 2.05) is 20.8 Å². The number of ether oxygens (including phenoxy) is 1. The van der Waals surface area contributed by atoms with Crippen molar-refractivity contribution in [2.45, 2.75) is 105 Å². The Morgan fingerprint density at radius 2 is 1.26 bits per heavy atom. The first-order valence-corrected chi connectivity index (χ1v) is 8.09. The molecule has 0 heterocycles. The van der Waals surface area contributed by atoms with Crippen molar-refractivity contribution in [3.8, 4) is 0 Å². The summed E-state index contributed by atoms with van der Waals surface area (Å²) in [5, 5.41) is 0. The molecule has 0 saturated carbocycles. The molecule has 0 aromatic rings. The van der Waals surface area contributed by atoms with E-state index in [-0.39, 0.29) is 11.6 Å². The molecule has 116 valence electrons. The Kier molecular flexibility index (Phi) is 15.2. The Bertz CT molecular complexity index is 190. The van der Waals surface area contributed by atoms with Gasteiger partial charge in [-0.1, -0.05) is 65.7 Å². The lowest BCUT2D eigenvalue weighted by molar-refractivity contribution is -0.154. The van der Waals surface area contributed by atoms with Crippen LogP contribution >= 0.6 is 0 Å². The summed E-state index contributed by atoms with van der Waals surface area (Å²) < 4.78 is 5.23. The van der Waals surface area contributed by atoms with Crippen molar-refractivity contribution in [2.75, 3.05) is 0 Å². The van der Waals surface area contributed by atoms with Gasteiger partial charge in [-0.15, -0.1) is 0 Å². The summed E-state index contributed by atoms with van der Waals surface area (Å²) in [5.74, 6) is -0.0574. The zero-order valence-corrected chi connectivity index (χ0v) is 14.2. The number of hydrogen-bond acceptors (Lipinski definition) is 2. The molecule has 0 aliphatic carbocycles. The molecule has 0 rings (SSSR count). The van der Waals surface area contributed by atoms with Crippen LogP contribution < -0.4 is 0 Å². The minimum Gasteiger partial charge on any atom is -0.460 e. The predicted molar refractivity (Wildman–Crippen MR) is 84.4 cm³/mol. The van der Waals surface area contributed by atoms with Crippen LogP contribution in [0, 0.1) is 0 Å². The first-order chi connectivity index (χ1) is 8.87. The summed E-state index contributed by atoms with van der Waals surface area (Å²) >= 11 is 0. The molecule has 0 amide bonds. The fourth-order valence-corrected chi connectivity index (χ4v) is 1.44. The summed E-state index contributed by atoms with van der Waals surface area (Å²) in [4.78, 5) is 11.3. The van der Waals surface area contributed by atoms with E-state index in [2.05, 4.69) is 20.8 Å². The largest absolute Gasteiger partial charge is 0.460 e. The van der Waals surface area contributed by atoms with Gasteiger partial charge in [0.15, 0.2) is 0 Å². The Balaban J connectivity index is 0. The number of rotatable bonds is 8. The normalized spacial score (nSPS) is 10.6. The second-order valence-electron chi connectivity index (χ2n) is 6.10. The number of carbonyl (C=O) groups excluding carboxylic acids is 1. The highest BCUT2D eigenvalue weighted by Crippen LogP contribution is 2.11. The van der Waals surface area contributed by atoms with Gasteiger partial charge in [0.05, 0.1) is 0 Å². The van der Waals surface area contributed by atoms with Crippen molar-refractivity contribution in [3.05, 3.63) is 0 Å². The summed E-state index contributed by atoms with van der Waals surface area (Å²) in [7, 11) is 0. The molecule has 0 aromatic heterocycles. The molecule has 2 heteroatoms. The zero-order valence-electron chi connectivity index (χ0n) is 14.2. The number of carbonyl (C=O) groups is 1. The van der Waals surface area contributed by atoms with Gasteiger partial charge in [0, 0.05) is 6.42 Å². The molecule has 0 fully saturated rings. The Morgan fingerprint density at radius 3 is 1.68 bits per heavy atom.